The first kappa shape index (κ1) is 12.1. The predicted molar refractivity (Wildman–Crippen MR) is 68.7 cm³/mol. The molecule has 0 spiro atoms. The second-order valence-corrected chi connectivity index (χ2v) is 4.98. The first-order valence-corrected chi connectivity index (χ1v) is 5.81. The molecule has 2 rings (SSSR count). The molecular formula is C13H19N3O. The van der Waals surface area contributed by atoms with Crippen LogP contribution in [0.3, 0.4) is 0 Å². The standard InChI is InChI=1S/C13H19N3O/c1-9-16-11-5-4-10(6-12(11)17-9)7-15-13(2,3)8-14/h4-6,15H,7-8,14H2,1-3H3. The number of rotatable bonds is 4. The largest absolute Gasteiger partial charge is 0.441 e. The number of benzene rings is 1. The van der Waals surface area contributed by atoms with Crippen LogP contribution in [-0.4, -0.2) is 17.1 Å². The Morgan fingerprint density at radius 1 is 1.41 bits per heavy atom. The Morgan fingerprint density at radius 3 is 2.88 bits per heavy atom. The Bertz CT molecular complexity index is 516. The molecule has 17 heavy (non-hydrogen) atoms. The number of nitrogens with one attached hydrogen (secondary N) is 1. The highest BCUT2D eigenvalue weighted by Gasteiger charge is 2.14. The highest BCUT2D eigenvalue weighted by atomic mass is 16.3. The number of nitrogens with two attached hydrogens (primary N) is 1. The molecule has 4 nitrogen and oxygen atoms in total. The van der Waals surface area contributed by atoms with Crippen LogP contribution < -0.4 is 11.1 Å². The fraction of sp³-hybridized carbons (Fsp3) is 0.462. The summed E-state index contributed by atoms with van der Waals surface area (Å²) >= 11 is 0. The molecule has 4 heteroatoms. The zero-order valence-corrected chi connectivity index (χ0v) is 10.6. The average Bonchev–Trinajstić information content (AvgIpc) is 2.66. The normalized spacial score (nSPS) is 12.2. The van der Waals surface area contributed by atoms with Gasteiger partial charge < -0.3 is 15.5 Å². The topological polar surface area (TPSA) is 64.1 Å². The zero-order valence-electron chi connectivity index (χ0n) is 10.6. The van der Waals surface area contributed by atoms with Crippen molar-refractivity contribution in [2.24, 2.45) is 5.73 Å². The Morgan fingerprint density at radius 2 is 2.18 bits per heavy atom. The number of hydrogen-bond acceptors (Lipinski definition) is 4. The lowest BCUT2D eigenvalue weighted by Gasteiger charge is -2.24. The van der Waals surface area contributed by atoms with Gasteiger partial charge in [-0.3, -0.25) is 0 Å². The van der Waals surface area contributed by atoms with E-state index >= 15 is 0 Å². The molecule has 0 saturated carbocycles. The number of oxazole rings is 1. The first-order valence-electron chi connectivity index (χ1n) is 5.81. The number of nitrogens with zero attached hydrogens (tertiary/aromatic N) is 1. The minimum absolute atomic E-state index is 0.0493. The van der Waals surface area contributed by atoms with E-state index in [1.54, 1.807) is 0 Å². The summed E-state index contributed by atoms with van der Waals surface area (Å²) in [4.78, 5) is 4.27. The van der Waals surface area contributed by atoms with Crippen molar-refractivity contribution in [3.05, 3.63) is 29.7 Å². The fourth-order valence-corrected chi connectivity index (χ4v) is 1.61. The smallest absolute Gasteiger partial charge is 0.192 e. The molecule has 3 N–H and O–H groups in total. The zero-order chi connectivity index (χ0) is 12.5. The van der Waals surface area contributed by atoms with E-state index in [0.717, 1.165) is 17.6 Å². The van der Waals surface area contributed by atoms with Crippen LogP contribution in [-0.2, 0) is 6.54 Å². The monoisotopic (exact) mass is 233 g/mol. The molecule has 1 aromatic heterocycles. The van der Waals surface area contributed by atoms with E-state index in [1.807, 2.05) is 19.1 Å². The van der Waals surface area contributed by atoms with Crippen molar-refractivity contribution in [3.8, 4) is 0 Å². The summed E-state index contributed by atoms with van der Waals surface area (Å²) in [5.74, 6) is 0.701. The summed E-state index contributed by atoms with van der Waals surface area (Å²) in [7, 11) is 0. The average molecular weight is 233 g/mol. The summed E-state index contributed by atoms with van der Waals surface area (Å²) < 4.78 is 5.50. The van der Waals surface area contributed by atoms with Crippen molar-refractivity contribution in [2.45, 2.75) is 32.9 Å². The third kappa shape index (κ3) is 2.84. The van der Waals surface area contributed by atoms with Crippen molar-refractivity contribution < 1.29 is 4.42 Å². The molecule has 0 bridgehead atoms. The maximum absolute atomic E-state index is 5.67. The van der Waals surface area contributed by atoms with Gasteiger partial charge in [0.15, 0.2) is 11.5 Å². The summed E-state index contributed by atoms with van der Waals surface area (Å²) in [6.07, 6.45) is 0. The van der Waals surface area contributed by atoms with Crippen LogP contribution in [0, 0.1) is 6.92 Å². The Balaban J connectivity index is 2.14. The molecule has 1 heterocycles. The molecule has 0 aliphatic heterocycles. The second kappa shape index (κ2) is 4.47. The van der Waals surface area contributed by atoms with Crippen molar-refractivity contribution in [3.63, 3.8) is 0 Å². The van der Waals surface area contributed by atoms with Crippen LogP contribution in [0.25, 0.3) is 11.1 Å². The third-order valence-electron chi connectivity index (χ3n) is 2.84. The van der Waals surface area contributed by atoms with Crippen LogP contribution in [0.15, 0.2) is 22.6 Å². The predicted octanol–water partition coefficient (Wildman–Crippen LogP) is 1.96. The van der Waals surface area contributed by atoms with E-state index in [4.69, 9.17) is 10.2 Å². The summed E-state index contributed by atoms with van der Waals surface area (Å²) in [5, 5.41) is 3.41. The molecule has 0 fully saturated rings. The van der Waals surface area contributed by atoms with Crippen molar-refractivity contribution in [1.82, 2.24) is 10.3 Å². The van der Waals surface area contributed by atoms with E-state index in [0.29, 0.717) is 12.4 Å². The lowest BCUT2D eigenvalue weighted by molar-refractivity contribution is 0.396. The van der Waals surface area contributed by atoms with Gasteiger partial charge in [0.2, 0.25) is 0 Å². The molecular weight excluding hydrogens is 214 g/mol. The molecule has 0 aliphatic rings. The van der Waals surface area contributed by atoms with E-state index in [9.17, 15) is 0 Å². The van der Waals surface area contributed by atoms with Gasteiger partial charge >= 0.3 is 0 Å². The maximum atomic E-state index is 5.67. The minimum atomic E-state index is -0.0493. The fourth-order valence-electron chi connectivity index (χ4n) is 1.61. The van der Waals surface area contributed by atoms with Gasteiger partial charge in [0.25, 0.3) is 0 Å². The van der Waals surface area contributed by atoms with Gasteiger partial charge in [0, 0.05) is 25.6 Å². The van der Waals surface area contributed by atoms with E-state index in [2.05, 4.69) is 30.2 Å². The van der Waals surface area contributed by atoms with Crippen molar-refractivity contribution in [2.75, 3.05) is 6.54 Å². The van der Waals surface area contributed by atoms with Gasteiger partial charge in [-0.25, -0.2) is 4.98 Å². The maximum Gasteiger partial charge on any atom is 0.192 e. The summed E-state index contributed by atoms with van der Waals surface area (Å²) in [6, 6.07) is 6.07. The molecule has 0 unspecified atom stereocenters. The van der Waals surface area contributed by atoms with Gasteiger partial charge in [-0.05, 0) is 31.5 Å². The van der Waals surface area contributed by atoms with Crippen LogP contribution in [0.4, 0.5) is 0 Å². The minimum Gasteiger partial charge on any atom is -0.441 e. The number of hydrogen-bond donors (Lipinski definition) is 2. The van der Waals surface area contributed by atoms with E-state index < -0.39 is 0 Å². The number of fused-ring (bicyclic) bond motifs is 1. The Hall–Kier alpha value is -1.39. The molecule has 0 saturated heterocycles. The number of aromatic nitrogens is 1. The molecule has 0 atom stereocenters. The Kier molecular flexibility index (Phi) is 3.17. The molecule has 2 aromatic rings. The summed E-state index contributed by atoms with van der Waals surface area (Å²) in [5.41, 5.74) is 8.55. The third-order valence-corrected chi connectivity index (χ3v) is 2.84. The van der Waals surface area contributed by atoms with Crippen LogP contribution in [0.5, 0.6) is 0 Å². The highest BCUT2D eigenvalue weighted by molar-refractivity contribution is 5.73. The van der Waals surface area contributed by atoms with Crippen LogP contribution in [0.1, 0.15) is 25.3 Å². The van der Waals surface area contributed by atoms with Gasteiger partial charge in [-0.15, -0.1) is 0 Å². The molecule has 0 radical (unpaired) electrons. The molecule has 0 amide bonds. The first-order chi connectivity index (χ1) is 8.00. The van der Waals surface area contributed by atoms with E-state index in [1.165, 1.54) is 5.56 Å². The van der Waals surface area contributed by atoms with Crippen LogP contribution >= 0.6 is 0 Å². The molecule has 0 aliphatic carbocycles. The summed E-state index contributed by atoms with van der Waals surface area (Å²) in [6.45, 7) is 7.42. The quantitative estimate of drug-likeness (QED) is 0.847. The van der Waals surface area contributed by atoms with Gasteiger partial charge in [-0.1, -0.05) is 6.07 Å². The van der Waals surface area contributed by atoms with Gasteiger partial charge in [0.1, 0.15) is 5.52 Å². The Labute approximate surface area is 101 Å². The molecule has 92 valence electrons. The second-order valence-electron chi connectivity index (χ2n) is 4.98. The highest BCUT2D eigenvalue weighted by Crippen LogP contribution is 2.17. The SMILES string of the molecule is Cc1nc2ccc(CNC(C)(C)CN)cc2o1. The van der Waals surface area contributed by atoms with E-state index in [-0.39, 0.29) is 5.54 Å². The lowest BCUT2D eigenvalue weighted by atomic mass is 10.1. The van der Waals surface area contributed by atoms with Crippen molar-refractivity contribution in [1.29, 1.82) is 0 Å². The van der Waals surface area contributed by atoms with Gasteiger partial charge in [-0.2, -0.15) is 0 Å². The molecule has 1 aromatic carbocycles. The van der Waals surface area contributed by atoms with Gasteiger partial charge in [0.05, 0.1) is 0 Å². The number of aryl methyl sites for hydroxylation is 1. The van der Waals surface area contributed by atoms with Crippen LogP contribution in [0.2, 0.25) is 0 Å². The lowest BCUT2D eigenvalue weighted by Crippen LogP contribution is -2.45. The van der Waals surface area contributed by atoms with Crippen molar-refractivity contribution >= 4 is 11.1 Å².